The Kier molecular flexibility index (Phi) is 4.29. The molecule has 0 aliphatic carbocycles. The molecule has 6 heteroatoms. The van der Waals surface area contributed by atoms with Gasteiger partial charge >= 0.3 is 0 Å². The summed E-state index contributed by atoms with van der Waals surface area (Å²) in [6, 6.07) is 1.83. The summed E-state index contributed by atoms with van der Waals surface area (Å²) in [6.45, 7) is 3.91. The summed E-state index contributed by atoms with van der Waals surface area (Å²) in [5.74, 6) is -0.551. The average Bonchev–Trinajstić information content (AvgIpc) is 2.95. The minimum Gasteiger partial charge on any atom is -0.369 e. The molecule has 1 aromatic heterocycles. The lowest BCUT2D eigenvalue weighted by Gasteiger charge is -2.17. The molecule has 1 aliphatic rings. The van der Waals surface area contributed by atoms with Gasteiger partial charge in [0.25, 0.3) is 5.91 Å². The Hall–Kier alpha value is -1.30. The van der Waals surface area contributed by atoms with Crippen molar-refractivity contribution in [2.75, 3.05) is 13.1 Å². The van der Waals surface area contributed by atoms with Crippen LogP contribution in [0.1, 0.15) is 30.3 Å². The number of aryl methyl sites for hydroxylation is 1. The minimum atomic E-state index is -0.319. The van der Waals surface area contributed by atoms with Crippen molar-refractivity contribution in [1.29, 1.82) is 0 Å². The molecule has 1 aromatic rings. The van der Waals surface area contributed by atoms with Crippen molar-refractivity contribution in [3.05, 3.63) is 22.4 Å². The van der Waals surface area contributed by atoms with Crippen molar-refractivity contribution in [3.8, 4) is 0 Å². The summed E-state index contributed by atoms with van der Waals surface area (Å²) >= 11 is 3.40. The van der Waals surface area contributed by atoms with Crippen LogP contribution in [0.15, 0.2) is 16.7 Å². The van der Waals surface area contributed by atoms with Crippen molar-refractivity contribution in [2.45, 2.75) is 26.3 Å². The fraction of sp³-hybridized carbons (Fsp3) is 0.538. The highest BCUT2D eigenvalue weighted by atomic mass is 79.9. The third-order valence-corrected chi connectivity index (χ3v) is 3.86. The molecule has 0 bridgehead atoms. The van der Waals surface area contributed by atoms with Crippen LogP contribution in [0.25, 0.3) is 0 Å². The first-order chi connectivity index (χ1) is 9.02. The number of rotatable bonds is 4. The van der Waals surface area contributed by atoms with Crippen molar-refractivity contribution in [2.24, 2.45) is 11.7 Å². The zero-order valence-electron chi connectivity index (χ0n) is 10.9. The Bertz CT molecular complexity index is 498. The highest BCUT2D eigenvalue weighted by molar-refractivity contribution is 9.10. The van der Waals surface area contributed by atoms with E-state index in [1.807, 2.05) is 16.8 Å². The number of nitrogens with zero attached hydrogens (tertiary/aromatic N) is 2. The van der Waals surface area contributed by atoms with Gasteiger partial charge in [0.15, 0.2) is 0 Å². The van der Waals surface area contributed by atoms with Gasteiger partial charge in [-0.3, -0.25) is 9.59 Å². The van der Waals surface area contributed by atoms with Crippen molar-refractivity contribution in [1.82, 2.24) is 9.47 Å². The zero-order valence-corrected chi connectivity index (χ0v) is 12.5. The van der Waals surface area contributed by atoms with Crippen molar-refractivity contribution >= 4 is 27.7 Å². The largest absolute Gasteiger partial charge is 0.369 e. The second-order valence-electron chi connectivity index (χ2n) is 4.88. The number of carbonyl (C=O) groups excluding carboxylic acids is 2. The molecule has 2 N–H and O–H groups in total. The van der Waals surface area contributed by atoms with Gasteiger partial charge in [-0.1, -0.05) is 6.92 Å². The molecule has 0 spiro atoms. The molecule has 5 nitrogen and oxygen atoms in total. The molecule has 2 heterocycles. The molecule has 1 unspecified atom stereocenters. The minimum absolute atomic E-state index is 0.0251. The first-order valence-electron chi connectivity index (χ1n) is 6.47. The number of hydrogen-bond donors (Lipinski definition) is 1. The van der Waals surface area contributed by atoms with Crippen LogP contribution in [-0.4, -0.2) is 34.4 Å². The fourth-order valence-corrected chi connectivity index (χ4v) is 2.88. The Morgan fingerprint density at radius 1 is 1.53 bits per heavy atom. The Morgan fingerprint density at radius 2 is 2.26 bits per heavy atom. The number of carbonyl (C=O) groups is 2. The highest BCUT2D eigenvalue weighted by Crippen LogP contribution is 2.21. The van der Waals surface area contributed by atoms with Gasteiger partial charge in [0.2, 0.25) is 5.91 Å². The van der Waals surface area contributed by atoms with Crippen molar-refractivity contribution < 1.29 is 9.59 Å². The molecule has 0 radical (unpaired) electrons. The number of amides is 2. The second kappa shape index (κ2) is 5.77. The maximum atomic E-state index is 12.5. The molecule has 19 heavy (non-hydrogen) atoms. The van der Waals surface area contributed by atoms with E-state index in [0.717, 1.165) is 17.4 Å². The summed E-state index contributed by atoms with van der Waals surface area (Å²) in [5, 5.41) is 0. The number of halogens is 1. The maximum absolute atomic E-state index is 12.5. The molecule has 104 valence electrons. The first kappa shape index (κ1) is 14.1. The van der Waals surface area contributed by atoms with Crippen LogP contribution in [0, 0.1) is 5.92 Å². The van der Waals surface area contributed by atoms with E-state index >= 15 is 0 Å². The van der Waals surface area contributed by atoms with Gasteiger partial charge in [0.05, 0.1) is 5.92 Å². The molecule has 2 rings (SSSR count). The van der Waals surface area contributed by atoms with E-state index < -0.39 is 0 Å². The average molecular weight is 328 g/mol. The van der Waals surface area contributed by atoms with Gasteiger partial charge in [-0.25, -0.2) is 0 Å². The normalized spacial score (nSPS) is 18.8. The van der Waals surface area contributed by atoms with Gasteiger partial charge in [-0.15, -0.1) is 0 Å². The predicted molar refractivity (Wildman–Crippen MR) is 75.6 cm³/mol. The fourth-order valence-electron chi connectivity index (χ4n) is 2.42. The lowest BCUT2D eigenvalue weighted by molar-refractivity contribution is -0.121. The quantitative estimate of drug-likeness (QED) is 0.912. The Labute approximate surface area is 120 Å². The molecule has 0 saturated carbocycles. The van der Waals surface area contributed by atoms with Crippen LogP contribution < -0.4 is 5.73 Å². The summed E-state index contributed by atoms with van der Waals surface area (Å²) in [6.07, 6.45) is 3.54. The maximum Gasteiger partial charge on any atom is 0.270 e. The Balaban J connectivity index is 2.14. The smallest absolute Gasteiger partial charge is 0.270 e. The molecule has 1 atom stereocenters. The van der Waals surface area contributed by atoms with E-state index in [1.54, 1.807) is 4.90 Å². The number of hydrogen-bond acceptors (Lipinski definition) is 2. The number of nitrogens with two attached hydrogens (primary N) is 1. The number of primary amides is 1. The number of aromatic nitrogens is 1. The zero-order chi connectivity index (χ0) is 14.0. The van der Waals surface area contributed by atoms with Crippen LogP contribution >= 0.6 is 15.9 Å². The predicted octanol–water partition coefficient (Wildman–Crippen LogP) is 1.61. The molecule has 0 aromatic carbocycles. The lowest BCUT2D eigenvalue weighted by atomic mass is 10.1. The van der Waals surface area contributed by atoms with Gasteiger partial charge in [-0.05, 0) is 34.8 Å². The van der Waals surface area contributed by atoms with Crippen molar-refractivity contribution in [3.63, 3.8) is 0 Å². The van der Waals surface area contributed by atoms with Crippen LogP contribution in [-0.2, 0) is 11.3 Å². The molecule has 1 fully saturated rings. The van der Waals surface area contributed by atoms with E-state index in [4.69, 9.17) is 5.73 Å². The molecular formula is C13H18BrN3O2. The topological polar surface area (TPSA) is 68.3 Å². The van der Waals surface area contributed by atoms with Gasteiger partial charge in [0, 0.05) is 30.3 Å². The SMILES string of the molecule is CCCn1cc(Br)cc1C(=O)N1CCC(C(N)=O)C1. The summed E-state index contributed by atoms with van der Waals surface area (Å²) in [4.78, 5) is 25.3. The summed E-state index contributed by atoms with van der Waals surface area (Å²) in [5.41, 5.74) is 5.96. The number of likely N-dealkylation sites (tertiary alicyclic amines) is 1. The van der Waals surface area contributed by atoms with E-state index in [2.05, 4.69) is 22.9 Å². The van der Waals surface area contributed by atoms with Gasteiger partial charge in [0.1, 0.15) is 5.69 Å². The van der Waals surface area contributed by atoms with Gasteiger partial charge in [-0.2, -0.15) is 0 Å². The third-order valence-electron chi connectivity index (χ3n) is 3.42. The van der Waals surface area contributed by atoms with E-state index in [9.17, 15) is 9.59 Å². The van der Waals surface area contributed by atoms with Crippen LogP contribution in [0.3, 0.4) is 0 Å². The van der Waals surface area contributed by atoms with Crippen LogP contribution in [0.2, 0.25) is 0 Å². The Morgan fingerprint density at radius 3 is 2.84 bits per heavy atom. The van der Waals surface area contributed by atoms with Crippen LogP contribution in [0.5, 0.6) is 0 Å². The van der Waals surface area contributed by atoms with E-state index in [-0.39, 0.29) is 17.7 Å². The summed E-state index contributed by atoms with van der Waals surface area (Å²) < 4.78 is 2.85. The summed E-state index contributed by atoms with van der Waals surface area (Å²) in [7, 11) is 0. The molecular weight excluding hydrogens is 310 g/mol. The lowest BCUT2D eigenvalue weighted by Crippen LogP contribution is -2.32. The highest BCUT2D eigenvalue weighted by Gasteiger charge is 2.31. The third kappa shape index (κ3) is 3.00. The molecule has 1 aliphatic heterocycles. The second-order valence-corrected chi connectivity index (χ2v) is 5.79. The van der Waals surface area contributed by atoms with E-state index in [1.165, 1.54) is 0 Å². The monoisotopic (exact) mass is 327 g/mol. The van der Waals surface area contributed by atoms with E-state index in [0.29, 0.717) is 25.2 Å². The molecule has 2 amide bonds. The van der Waals surface area contributed by atoms with Crippen LogP contribution in [0.4, 0.5) is 0 Å². The first-order valence-corrected chi connectivity index (χ1v) is 7.26. The molecule has 1 saturated heterocycles. The van der Waals surface area contributed by atoms with Gasteiger partial charge < -0.3 is 15.2 Å². The standard InChI is InChI=1S/C13H18BrN3O2/c1-2-4-16-8-10(14)6-11(16)13(19)17-5-3-9(7-17)12(15)18/h6,8-9H,2-5,7H2,1H3,(H2,15,18).